The molecule has 0 saturated carbocycles. The summed E-state index contributed by atoms with van der Waals surface area (Å²) in [5.74, 6) is 0.864. The summed E-state index contributed by atoms with van der Waals surface area (Å²) in [6.45, 7) is 1.96. The molecule has 6 heteroatoms. The van der Waals surface area contributed by atoms with E-state index in [1.807, 2.05) is 31.2 Å². The summed E-state index contributed by atoms with van der Waals surface area (Å²) < 4.78 is 10.4. The fourth-order valence-electron chi connectivity index (χ4n) is 2.57. The summed E-state index contributed by atoms with van der Waals surface area (Å²) in [6.07, 6.45) is 1.65. The molecule has 0 aliphatic carbocycles. The molecule has 0 saturated heterocycles. The van der Waals surface area contributed by atoms with E-state index < -0.39 is 0 Å². The second-order valence-electron chi connectivity index (χ2n) is 5.48. The molecular formula is C19H19N3O3. The molecule has 0 unspecified atom stereocenters. The van der Waals surface area contributed by atoms with Crippen LogP contribution < -0.4 is 14.8 Å². The highest BCUT2D eigenvalue weighted by atomic mass is 16.5. The number of benzene rings is 2. The lowest BCUT2D eigenvalue weighted by Gasteiger charge is -2.10. The van der Waals surface area contributed by atoms with Gasteiger partial charge < -0.3 is 19.8 Å². The van der Waals surface area contributed by atoms with Crippen LogP contribution in [0.2, 0.25) is 0 Å². The smallest absolute Gasteiger partial charge is 0.255 e. The van der Waals surface area contributed by atoms with Crippen molar-refractivity contribution in [1.82, 2.24) is 9.97 Å². The van der Waals surface area contributed by atoms with Crippen molar-refractivity contribution < 1.29 is 14.3 Å². The summed E-state index contributed by atoms with van der Waals surface area (Å²) in [4.78, 5) is 19.9. The number of aromatic amines is 1. The summed E-state index contributed by atoms with van der Waals surface area (Å²) >= 11 is 0. The monoisotopic (exact) mass is 337 g/mol. The lowest BCUT2D eigenvalue weighted by Crippen LogP contribution is -2.12. The highest BCUT2D eigenvalue weighted by Gasteiger charge is 2.12. The van der Waals surface area contributed by atoms with Crippen molar-refractivity contribution in [3.05, 3.63) is 60.0 Å². The zero-order valence-corrected chi connectivity index (χ0v) is 14.3. The maximum absolute atomic E-state index is 12.5. The van der Waals surface area contributed by atoms with E-state index in [9.17, 15) is 4.79 Å². The van der Waals surface area contributed by atoms with Gasteiger partial charge in [-0.1, -0.05) is 12.1 Å². The first-order chi connectivity index (χ1) is 12.1. The Bertz CT molecular complexity index is 902. The molecule has 2 aromatic carbocycles. The molecule has 0 bridgehead atoms. The third-order valence-electron chi connectivity index (χ3n) is 3.87. The zero-order valence-electron chi connectivity index (χ0n) is 14.3. The molecule has 25 heavy (non-hydrogen) atoms. The third kappa shape index (κ3) is 3.47. The van der Waals surface area contributed by atoms with E-state index in [-0.39, 0.29) is 5.91 Å². The number of nitrogens with zero attached hydrogens (tertiary/aromatic N) is 1. The zero-order chi connectivity index (χ0) is 17.8. The molecule has 6 nitrogen and oxygen atoms in total. The normalized spacial score (nSPS) is 10.4. The van der Waals surface area contributed by atoms with E-state index >= 15 is 0 Å². The molecule has 128 valence electrons. The highest BCUT2D eigenvalue weighted by molar-refractivity contribution is 6.04. The fourth-order valence-corrected chi connectivity index (χ4v) is 2.57. The maximum atomic E-state index is 12.5. The van der Waals surface area contributed by atoms with Gasteiger partial charge in [0.2, 0.25) is 0 Å². The minimum Gasteiger partial charge on any atom is -0.493 e. The van der Waals surface area contributed by atoms with E-state index in [1.165, 1.54) is 7.11 Å². The summed E-state index contributed by atoms with van der Waals surface area (Å²) in [5.41, 5.74) is 3.95. The van der Waals surface area contributed by atoms with Gasteiger partial charge in [0, 0.05) is 22.5 Å². The van der Waals surface area contributed by atoms with Gasteiger partial charge in [-0.25, -0.2) is 4.98 Å². The first-order valence-corrected chi connectivity index (χ1v) is 7.76. The van der Waals surface area contributed by atoms with Crippen LogP contribution in [-0.2, 0) is 0 Å². The number of nitrogens with one attached hydrogen (secondary N) is 2. The van der Waals surface area contributed by atoms with Crippen molar-refractivity contribution in [2.75, 3.05) is 19.5 Å². The Morgan fingerprint density at radius 3 is 2.56 bits per heavy atom. The van der Waals surface area contributed by atoms with Gasteiger partial charge in [-0.3, -0.25) is 4.79 Å². The molecule has 1 aromatic heterocycles. The number of carbonyl (C=O) groups excluding carboxylic acids is 1. The Hall–Kier alpha value is -3.28. The van der Waals surface area contributed by atoms with Crippen molar-refractivity contribution in [2.45, 2.75) is 6.92 Å². The van der Waals surface area contributed by atoms with Crippen molar-refractivity contribution in [3.63, 3.8) is 0 Å². The van der Waals surface area contributed by atoms with Gasteiger partial charge >= 0.3 is 0 Å². The largest absolute Gasteiger partial charge is 0.493 e. The van der Waals surface area contributed by atoms with Gasteiger partial charge in [0.05, 0.1) is 26.2 Å². The number of ether oxygens (including phenoxy) is 2. The van der Waals surface area contributed by atoms with Crippen LogP contribution in [0.5, 0.6) is 11.5 Å². The molecule has 0 aliphatic heterocycles. The Morgan fingerprint density at radius 1 is 1.08 bits per heavy atom. The van der Waals surface area contributed by atoms with Gasteiger partial charge in [-0.05, 0) is 37.3 Å². The molecule has 0 spiro atoms. The second-order valence-corrected chi connectivity index (χ2v) is 5.48. The number of amides is 1. The number of hydrogen-bond acceptors (Lipinski definition) is 4. The summed E-state index contributed by atoms with van der Waals surface area (Å²) in [7, 11) is 3.09. The van der Waals surface area contributed by atoms with E-state index in [0.29, 0.717) is 22.7 Å². The minimum atomic E-state index is -0.225. The molecule has 0 fully saturated rings. The van der Waals surface area contributed by atoms with Crippen LogP contribution in [0.15, 0.2) is 48.8 Å². The second kappa shape index (κ2) is 7.09. The summed E-state index contributed by atoms with van der Waals surface area (Å²) in [5, 5.41) is 2.90. The molecule has 0 atom stereocenters. The van der Waals surface area contributed by atoms with Crippen LogP contribution >= 0.6 is 0 Å². The van der Waals surface area contributed by atoms with E-state index in [0.717, 1.165) is 17.0 Å². The lowest BCUT2D eigenvalue weighted by atomic mass is 10.1. The number of methoxy groups -OCH3 is 2. The van der Waals surface area contributed by atoms with Crippen LogP contribution in [0.4, 0.5) is 5.69 Å². The SMILES string of the molecule is COc1ccc(C(=O)Nc2cccc(-c3nc[nH]c3C)c2)cc1OC. The van der Waals surface area contributed by atoms with Crippen LogP contribution in [0.3, 0.4) is 0 Å². The van der Waals surface area contributed by atoms with Gasteiger partial charge in [0.1, 0.15) is 0 Å². The average molecular weight is 337 g/mol. The first kappa shape index (κ1) is 16.6. The molecular weight excluding hydrogens is 318 g/mol. The van der Waals surface area contributed by atoms with Crippen molar-refractivity contribution in [2.24, 2.45) is 0 Å². The van der Waals surface area contributed by atoms with Crippen molar-refractivity contribution in [3.8, 4) is 22.8 Å². The highest BCUT2D eigenvalue weighted by Crippen LogP contribution is 2.28. The van der Waals surface area contributed by atoms with Crippen LogP contribution in [0.1, 0.15) is 16.1 Å². The van der Waals surface area contributed by atoms with Crippen LogP contribution in [0.25, 0.3) is 11.3 Å². The number of hydrogen-bond donors (Lipinski definition) is 2. The standard InChI is InChI=1S/C19H19N3O3/c1-12-18(21-11-20-12)13-5-4-6-15(9-13)22-19(23)14-7-8-16(24-2)17(10-14)25-3/h4-11H,1-3H3,(H,20,21)(H,22,23). The number of carbonyl (C=O) groups is 1. The van der Waals surface area contributed by atoms with Gasteiger partial charge in [-0.2, -0.15) is 0 Å². The molecule has 0 radical (unpaired) electrons. The van der Waals surface area contributed by atoms with E-state index in [1.54, 1.807) is 31.6 Å². The third-order valence-corrected chi connectivity index (χ3v) is 3.87. The van der Waals surface area contributed by atoms with E-state index in [4.69, 9.17) is 9.47 Å². The van der Waals surface area contributed by atoms with Gasteiger partial charge in [0.25, 0.3) is 5.91 Å². The Labute approximate surface area is 145 Å². The number of rotatable bonds is 5. The maximum Gasteiger partial charge on any atom is 0.255 e. The predicted molar refractivity (Wildman–Crippen MR) is 96.3 cm³/mol. The lowest BCUT2D eigenvalue weighted by molar-refractivity contribution is 0.102. The molecule has 1 heterocycles. The number of anilines is 1. The minimum absolute atomic E-state index is 0.225. The molecule has 2 N–H and O–H groups in total. The van der Waals surface area contributed by atoms with Crippen molar-refractivity contribution >= 4 is 11.6 Å². The first-order valence-electron chi connectivity index (χ1n) is 7.76. The topological polar surface area (TPSA) is 76.2 Å². The number of aryl methyl sites for hydroxylation is 1. The fraction of sp³-hybridized carbons (Fsp3) is 0.158. The van der Waals surface area contributed by atoms with Crippen LogP contribution in [-0.4, -0.2) is 30.1 Å². The summed E-state index contributed by atoms with van der Waals surface area (Å²) in [6, 6.07) is 12.6. The average Bonchev–Trinajstić information content (AvgIpc) is 3.07. The van der Waals surface area contributed by atoms with Gasteiger partial charge in [-0.15, -0.1) is 0 Å². The van der Waals surface area contributed by atoms with Crippen molar-refractivity contribution in [1.29, 1.82) is 0 Å². The molecule has 3 rings (SSSR count). The Balaban J connectivity index is 1.83. The van der Waals surface area contributed by atoms with Gasteiger partial charge in [0.15, 0.2) is 11.5 Å². The molecule has 3 aromatic rings. The quantitative estimate of drug-likeness (QED) is 0.745. The van der Waals surface area contributed by atoms with E-state index in [2.05, 4.69) is 15.3 Å². The Kier molecular flexibility index (Phi) is 4.70. The molecule has 0 aliphatic rings. The number of aromatic nitrogens is 2. The Morgan fingerprint density at radius 2 is 1.88 bits per heavy atom. The molecule has 1 amide bonds. The van der Waals surface area contributed by atoms with Crippen LogP contribution in [0, 0.1) is 6.92 Å². The number of H-pyrrole nitrogens is 1. The predicted octanol–water partition coefficient (Wildman–Crippen LogP) is 3.65. The number of imidazole rings is 1.